The monoisotopic (exact) mass is 278 g/mol. The van der Waals surface area contributed by atoms with Gasteiger partial charge in [-0.15, -0.1) is 0 Å². The molecule has 1 aliphatic carbocycles. The van der Waals surface area contributed by atoms with Crippen LogP contribution in [0.15, 0.2) is 10.6 Å². The molecule has 3 rings (SSSR count). The lowest BCUT2D eigenvalue weighted by Crippen LogP contribution is -3.18. The summed E-state index contributed by atoms with van der Waals surface area (Å²) in [5.41, 5.74) is 0. The Kier molecular flexibility index (Phi) is 4.05. The van der Waals surface area contributed by atoms with Crippen LogP contribution in [0.2, 0.25) is 0 Å². The van der Waals surface area contributed by atoms with E-state index in [1.54, 1.807) is 6.07 Å². The molecule has 0 bridgehead atoms. The highest BCUT2D eigenvalue weighted by Crippen LogP contribution is 2.28. The second-order valence-electron chi connectivity index (χ2n) is 6.25. The number of nitrogens with zero attached hydrogens (tertiary/aromatic N) is 1. The molecule has 1 saturated heterocycles. The lowest BCUT2D eigenvalue weighted by atomic mass is 9.78. The first kappa shape index (κ1) is 13.6. The van der Waals surface area contributed by atoms with E-state index < -0.39 is 0 Å². The number of likely N-dealkylation sites (tertiary alicyclic amines) is 1. The third-order valence-corrected chi connectivity index (χ3v) is 4.79. The molecule has 0 aromatic carbocycles. The third-order valence-electron chi connectivity index (χ3n) is 4.79. The van der Waals surface area contributed by atoms with Crippen LogP contribution in [0.3, 0.4) is 0 Å². The number of anilines is 1. The maximum atomic E-state index is 12.2. The van der Waals surface area contributed by atoms with Crippen molar-refractivity contribution >= 4 is 11.7 Å². The van der Waals surface area contributed by atoms with Gasteiger partial charge in [-0.05, 0) is 39.0 Å². The van der Waals surface area contributed by atoms with E-state index in [9.17, 15) is 4.79 Å². The molecule has 1 aliphatic heterocycles. The van der Waals surface area contributed by atoms with Gasteiger partial charge in [-0.25, -0.2) is 0 Å². The van der Waals surface area contributed by atoms with Crippen LogP contribution in [0.5, 0.6) is 0 Å². The highest BCUT2D eigenvalue weighted by atomic mass is 16.5. The Balaban J connectivity index is 1.57. The number of fused-ring (bicyclic) bond motifs is 1. The van der Waals surface area contributed by atoms with Crippen LogP contribution in [-0.4, -0.2) is 30.2 Å². The second kappa shape index (κ2) is 5.95. The largest absolute Gasteiger partial charge is 0.360 e. The van der Waals surface area contributed by atoms with Crippen molar-refractivity contribution in [2.24, 2.45) is 5.92 Å². The molecule has 110 valence electrons. The van der Waals surface area contributed by atoms with Gasteiger partial charge in [-0.3, -0.25) is 4.79 Å². The van der Waals surface area contributed by atoms with Crippen molar-refractivity contribution in [3.63, 3.8) is 0 Å². The van der Waals surface area contributed by atoms with Crippen molar-refractivity contribution < 1.29 is 14.2 Å². The summed E-state index contributed by atoms with van der Waals surface area (Å²) in [5.74, 6) is 2.15. The number of rotatable bonds is 3. The van der Waals surface area contributed by atoms with Gasteiger partial charge in [0.1, 0.15) is 5.76 Å². The zero-order valence-corrected chi connectivity index (χ0v) is 12.2. The van der Waals surface area contributed by atoms with E-state index in [1.807, 2.05) is 6.92 Å². The molecule has 2 fully saturated rings. The quantitative estimate of drug-likeness (QED) is 0.872. The number of aryl methyl sites for hydroxylation is 1. The van der Waals surface area contributed by atoms with Crippen molar-refractivity contribution in [1.82, 2.24) is 5.16 Å². The molecular weight excluding hydrogens is 254 g/mol. The van der Waals surface area contributed by atoms with E-state index >= 15 is 0 Å². The number of carbonyl (C=O) groups excluding carboxylic acids is 1. The van der Waals surface area contributed by atoms with Crippen LogP contribution in [-0.2, 0) is 4.79 Å². The minimum Gasteiger partial charge on any atom is -0.360 e. The van der Waals surface area contributed by atoms with E-state index in [4.69, 9.17) is 4.52 Å². The lowest BCUT2D eigenvalue weighted by molar-refractivity contribution is -0.928. The van der Waals surface area contributed by atoms with Crippen molar-refractivity contribution in [2.45, 2.75) is 51.5 Å². The molecule has 0 radical (unpaired) electrons. The van der Waals surface area contributed by atoms with Gasteiger partial charge in [-0.1, -0.05) is 11.6 Å². The van der Waals surface area contributed by atoms with Crippen molar-refractivity contribution in [2.75, 3.05) is 18.4 Å². The Morgan fingerprint density at radius 1 is 1.40 bits per heavy atom. The van der Waals surface area contributed by atoms with E-state index in [0.29, 0.717) is 18.4 Å². The Morgan fingerprint density at radius 2 is 2.20 bits per heavy atom. The second-order valence-corrected chi connectivity index (χ2v) is 6.25. The lowest BCUT2D eigenvalue weighted by Gasteiger charge is -2.40. The number of hydrogen-bond donors (Lipinski definition) is 2. The fraction of sp³-hybridized carbons (Fsp3) is 0.733. The standard InChI is InChI=1S/C15H23N3O2/c1-11-9-14(17-20-11)16-15(19)10-18-8-4-6-12-5-2-3-7-13(12)18/h9,12-13H,2-8,10H2,1H3,(H,16,17,19)/p+1/t12-,13+/m1/s1. The normalized spacial score (nSPS) is 29.8. The maximum Gasteiger partial charge on any atom is 0.280 e. The molecule has 2 aliphatic rings. The maximum absolute atomic E-state index is 12.2. The summed E-state index contributed by atoms with van der Waals surface area (Å²) in [5, 5.41) is 6.66. The number of piperidine rings is 1. The summed E-state index contributed by atoms with van der Waals surface area (Å²) in [7, 11) is 0. The SMILES string of the molecule is Cc1cc(NC(=O)C[NH+]2CCC[C@H]3CCCC[C@@H]32)no1. The number of nitrogens with one attached hydrogen (secondary N) is 2. The molecule has 2 heterocycles. The van der Waals surface area contributed by atoms with Crippen LogP contribution in [0, 0.1) is 12.8 Å². The van der Waals surface area contributed by atoms with Crippen molar-refractivity contribution in [1.29, 1.82) is 0 Å². The molecular formula is C15H24N3O2+. The number of aromatic nitrogens is 1. The van der Waals surface area contributed by atoms with E-state index in [1.165, 1.54) is 43.4 Å². The zero-order chi connectivity index (χ0) is 13.9. The first-order valence-electron chi connectivity index (χ1n) is 7.80. The number of amides is 1. The number of quaternary nitrogens is 1. The first-order chi connectivity index (χ1) is 9.72. The molecule has 0 spiro atoms. The predicted molar refractivity (Wildman–Crippen MR) is 75.5 cm³/mol. The first-order valence-corrected chi connectivity index (χ1v) is 7.80. The predicted octanol–water partition coefficient (Wildman–Crippen LogP) is 1.16. The molecule has 1 aromatic heterocycles. The summed E-state index contributed by atoms with van der Waals surface area (Å²) >= 11 is 0. The molecule has 1 aromatic rings. The fourth-order valence-corrected chi connectivity index (χ4v) is 3.91. The smallest absolute Gasteiger partial charge is 0.280 e. The van der Waals surface area contributed by atoms with Gasteiger partial charge >= 0.3 is 0 Å². The molecule has 20 heavy (non-hydrogen) atoms. The molecule has 1 amide bonds. The Morgan fingerprint density at radius 3 is 3.00 bits per heavy atom. The molecule has 2 N–H and O–H groups in total. The fourth-order valence-electron chi connectivity index (χ4n) is 3.91. The van der Waals surface area contributed by atoms with Crippen molar-refractivity contribution in [3.05, 3.63) is 11.8 Å². The number of hydrogen-bond acceptors (Lipinski definition) is 3. The highest BCUT2D eigenvalue weighted by Gasteiger charge is 2.37. The molecule has 3 atom stereocenters. The van der Waals surface area contributed by atoms with E-state index in [0.717, 1.165) is 18.2 Å². The average molecular weight is 278 g/mol. The zero-order valence-electron chi connectivity index (χ0n) is 12.2. The van der Waals surface area contributed by atoms with Gasteiger partial charge in [0.05, 0.1) is 12.6 Å². The minimum absolute atomic E-state index is 0.0551. The van der Waals surface area contributed by atoms with Crippen LogP contribution >= 0.6 is 0 Å². The van der Waals surface area contributed by atoms with Gasteiger partial charge in [0, 0.05) is 12.0 Å². The summed E-state index contributed by atoms with van der Waals surface area (Å²) < 4.78 is 4.97. The van der Waals surface area contributed by atoms with Crippen LogP contribution in [0.4, 0.5) is 5.82 Å². The van der Waals surface area contributed by atoms with Gasteiger partial charge < -0.3 is 14.7 Å². The Labute approximate surface area is 119 Å². The van der Waals surface area contributed by atoms with Gasteiger partial charge in [-0.2, -0.15) is 0 Å². The van der Waals surface area contributed by atoms with Crippen LogP contribution < -0.4 is 10.2 Å². The molecule has 1 unspecified atom stereocenters. The molecule has 1 saturated carbocycles. The van der Waals surface area contributed by atoms with Gasteiger partial charge in [0.25, 0.3) is 5.91 Å². The highest BCUT2D eigenvalue weighted by molar-refractivity contribution is 5.90. The topological polar surface area (TPSA) is 59.6 Å². The van der Waals surface area contributed by atoms with E-state index in [-0.39, 0.29) is 5.91 Å². The summed E-state index contributed by atoms with van der Waals surface area (Å²) in [6.45, 7) is 3.52. The van der Waals surface area contributed by atoms with Crippen LogP contribution in [0.25, 0.3) is 0 Å². The number of carbonyl (C=O) groups is 1. The molecule has 5 nitrogen and oxygen atoms in total. The Hall–Kier alpha value is -1.36. The van der Waals surface area contributed by atoms with Gasteiger partial charge in [0.2, 0.25) is 0 Å². The average Bonchev–Trinajstić information content (AvgIpc) is 2.84. The summed E-state index contributed by atoms with van der Waals surface area (Å²) in [4.78, 5) is 13.6. The minimum atomic E-state index is 0.0551. The third kappa shape index (κ3) is 3.03. The van der Waals surface area contributed by atoms with E-state index in [2.05, 4.69) is 10.5 Å². The molecule has 5 heteroatoms. The summed E-state index contributed by atoms with van der Waals surface area (Å²) in [6.07, 6.45) is 7.97. The van der Waals surface area contributed by atoms with Crippen LogP contribution in [0.1, 0.15) is 44.3 Å². The summed E-state index contributed by atoms with van der Waals surface area (Å²) in [6, 6.07) is 2.45. The Bertz CT molecular complexity index is 469. The van der Waals surface area contributed by atoms with Gasteiger partial charge in [0.15, 0.2) is 12.4 Å². The van der Waals surface area contributed by atoms with Crippen molar-refractivity contribution in [3.8, 4) is 0 Å².